The van der Waals surface area contributed by atoms with Gasteiger partial charge in [-0.2, -0.15) is 0 Å². The first-order chi connectivity index (χ1) is 7.47. The topological polar surface area (TPSA) is 67.4 Å². The second kappa shape index (κ2) is 8.66. The second-order valence-corrected chi connectivity index (χ2v) is 5.29. The van der Waals surface area contributed by atoms with Gasteiger partial charge in [-0.15, -0.1) is 0 Å². The first-order valence-electron chi connectivity index (χ1n) is 5.30. The molecule has 5 nitrogen and oxygen atoms in total. The third kappa shape index (κ3) is 7.78. The predicted octanol–water partition coefficient (Wildman–Crippen LogP) is -0.506. The number of ether oxygens (including phenoxy) is 1. The molecule has 0 aliphatic carbocycles. The van der Waals surface area contributed by atoms with E-state index in [0.717, 1.165) is 0 Å². The van der Waals surface area contributed by atoms with Crippen LogP contribution < -0.4 is 10.6 Å². The lowest BCUT2D eigenvalue weighted by molar-refractivity contribution is -0.123. The number of nitrogens with one attached hydrogen (secondary N) is 2. The zero-order chi connectivity index (χ0) is 12.6. The van der Waals surface area contributed by atoms with Crippen molar-refractivity contribution < 1.29 is 13.7 Å². The fourth-order valence-electron chi connectivity index (χ4n) is 1.33. The average molecular weight is 250 g/mol. The van der Waals surface area contributed by atoms with E-state index in [4.69, 9.17) is 4.74 Å². The normalized spacial score (nSPS) is 16.5. The van der Waals surface area contributed by atoms with Gasteiger partial charge in [0.2, 0.25) is 5.91 Å². The van der Waals surface area contributed by atoms with E-state index < -0.39 is 10.8 Å². The Kier molecular flexibility index (Phi) is 8.42. The molecular weight excluding hydrogens is 228 g/mol. The first-order valence-corrected chi connectivity index (χ1v) is 7.02. The van der Waals surface area contributed by atoms with Crippen molar-refractivity contribution in [2.75, 3.05) is 32.3 Å². The van der Waals surface area contributed by atoms with Crippen LogP contribution >= 0.6 is 0 Å². The molecule has 96 valence electrons. The highest BCUT2D eigenvalue weighted by Crippen LogP contribution is 1.90. The lowest BCUT2D eigenvalue weighted by atomic mass is 10.2. The molecular formula is C10H22N2O3S. The minimum absolute atomic E-state index is 0.0639. The molecule has 0 aliphatic rings. The van der Waals surface area contributed by atoms with E-state index in [-0.39, 0.29) is 18.0 Å². The molecule has 0 fully saturated rings. The van der Waals surface area contributed by atoms with Gasteiger partial charge in [-0.3, -0.25) is 9.00 Å². The van der Waals surface area contributed by atoms with Crippen LogP contribution in [0, 0.1) is 0 Å². The van der Waals surface area contributed by atoms with Crippen LogP contribution in [0.5, 0.6) is 0 Å². The summed E-state index contributed by atoms with van der Waals surface area (Å²) in [5.74, 6) is 0.487. The fourth-order valence-corrected chi connectivity index (χ4v) is 2.13. The highest BCUT2D eigenvalue weighted by molar-refractivity contribution is 7.84. The van der Waals surface area contributed by atoms with Crippen LogP contribution in [0.3, 0.4) is 0 Å². The molecule has 0 heterocycles. The Hall–Kier alpha value is -0.460. The Balaban J connectivity index is 3.81. The summed E-state index contributed by atoms with van der Waals surface area (Å²) >= 11 is 0. The summed E-state index contributed by atoms with van der Waals surface area (Å²) in [4.78, 5) is 11.5. The van der Waals surface area contributed by atoms with E-state index in [1.807, 2.05) is 6.92 Å². The molecule has 0 bridgehead atoms. The lowest BCUT2D eigenvalue weighted by Crippen LogP contribution is -2.47. The summed E-state index contributed by atoms with van der Waals surface area (Å²) < 4.78 is 15.8. The maximum absolute atomic E-state index is 11.5. The minimum Gasteiger partial charge on any atom is -0.383 e. The van der Waals surface area contributed by atoms with Crippen LogP contribution in [0.15, 0.2) is 0 Å². The molecule has 0 aromatic carbocycles. The van der Waals surface area contributed by atoms with E-state index in [1.54, 1.807) is 20.3 Å². The van der Waals surface area contributed by atoms with Crippen LogP contribution in [-0.4, -0.2) is 54.5 Å². The number of hydrogen-bond donors (Lipinski definition) is 2. The van der Waals surface area contributed by atoms with Gasteiger partial charge in [0.15, 0.2) is 0 Å². The van der Waals surface area contributed by atoms with Crippen LogP contribution in [0.4, 0.5) is 0 Å². The zero-order valence-electron chi connectivity index (χ0n) is 10.4. The van der Waals surface area contributed by atoms with Gasteiger partial charge >= 0.3 is 0 Å². The Morgan fingerprint density at radius 3 is 2.56 bits per heavy atom. The fraction of sp³-hybridized carbons (Fsp3) is 0.900. The standard InChI is InChI=1S/C10H22N2O3S/c1-8(7-16(4)14)12-9(2)10(13)11-5-6-15-3/h8-9,12H,5-7H2,1-4H3,(H,11,13). The van der Waals surface area contributed by atoms with Crippen LogP contribution in [0.1, 0.15) is 13.8 Å². The Bertz CT molecular complexity index is 236. The molecule has 6 heteroatoms. The van der Waals surface area contributed by atoms with Crippen molar-refractivity contribution in [1.29, 1.82) is 0 Å². The van der Waals surface area contributed by atoms with Crippen molar-refractivity contribution in [3.8, 4) is 0 Å². The second-order valence-electron chi connectivity index (χ2n) is 3.81. The lowest BCUT2D eigenvalue weighted by Gasteiger charge is -2.18. The number of carbonyl (C=O) groups excluding carboxylic acids is 1. The van der Waals surface area contributed by atoms with E-state index in [1.165, 1.54) is 0 Å². The number of amides is 1. The molecule has 0 aromatic heterocycles. The number of rotatable bonds is 8. The molecule has 0 aliphatic heterocycles. The van der Waals surface area contributed by atoms with Gasteiger partial charge in [0.05, 0.1) is 12.6 Å². The van der Waals surface area contributed by atoms with E-state index >= 15 is 0 Å². The summed E-state index contributed by atoms with van der Waals surface area (Å²) in [6.45, 7) is 4.72. The van der Waals surface area contributed by atoms with Gasteiger partial charge in [0, 0.05) is 42.5 Å². The molecule has 0 radical (unpaired) electrons. The molecule has 0 rings (SSSR count). The van der Waals surface area contributed by atoms with Crippen molar-refractivity contribution >= 4 is 16.7 Å². The summed E-state index contributed by atoms with van der Waals surface area (Å²) in [7, 11) is 0.743. The van der Waals surface area contributed by atoms with Gasteiger partial charge in [0.1, 0.15) is 0 Å². The quantitative estimate of drug-likeness (QED) is 0.570. The maximum Gasteiger partial charge on any atom is 0.236 e. The van der Waals surface area contributed by atoms with Crippen molar-refractivity contribution in [2.24, 2.45) is 0 Å². The van der Waals surface area contributed by atoms with Crippen LogP contribution in [0.2, 0.25) is 0 Å². The number of hydrogen-bond acceptors (Lipinski definition) is 4. The minimum atomic E-state index is -0.846. The van der Waals surface area contributed by atoms with Gasteiger partial charge in [-0.25, -0.2) is 0 Å². The molecule has 16 heavy (non-hydrogen) atoms. The van der Waals surface area contributed by atoms with E-state index in [9.17, 15) is 9.00 Å². The highest BCUT2D eigenvalue weighted by Gasteiger charge is 2.15. The molecule has 0 spiro atoms. The third-order valence-corrected chi connectivity index (χ3v) is 2.99. The number of methoxy groups -OCH3 is 1. The van der Waals surface area contributed by atoms with Crippen molar-refractivity contribution in [3.63, 3.8) is 0 Å². The SMILES string of the molecule is COCCNC(=O)C(C)NC(C)CS(C)=O. The van der Waals surface area contributed by atoms with Crippen molar-refractivity contribution in [2.45, 2.75) is 25.9 Å². The molecule has 1 amide bonds. The monoisotopic (exact) mass is 250 g/mol. The Labute approximate surface area is 99.8 Å². The highest BCUT2D eigenvalue weighted by atomic mass is 32.2. The van der Waals surface area contributed by atoms with Crippen LogP contribution in [0.25, 0.3) is 0 Å². The summed E-state index contributed by atoms with van der Waals surface area (Å²) in [6.07, 6.45) is 1.65. The van der Waals surface area contributed by atoms with Crippen molar-refractivity contribution in [3.05, 3.63) is 0 Å². The average Bonchev–Trinajstić information content (AvgIpc) is 2.16. The largest absolute Gasteiger partial charge is 0.383 e. The first kappa shape index (κ1) is 15.5. The van der Waals surface area contributed by atoms with E-state index in [0.29, 0.717) is 18.9 Å². The molecule has 0 aromatic rings. The maximum atomic E-state index is 11.5. The van der Waals surface area contributed by atoms with E-state index in [2.05, 4.69) is 10.6 Å². The Morgan fingerprint density at radius 2 is 2.06 bits per heavy atom. The van der Waals surface area contributed by atoms with Gasteiger partial charge in [-0.05, 0) is 13.8 Å². The predicted molar refractivity (Wildman–Crippen MR) is 65.9 cm³/mol. The van der Waals surface area contributed by atoms with Crippen LogP contribution in [-0.2, 0) is 20.3 Å². The molecule has 0 saturated heterocycles. The molecule has 3 atom stereocenters. The Morgan fingerprint density at radius 1 is 1.44 bits per heavy atom. The smallest absolute Gasteiger partial charge is 0.236 e. The van der Waals surface area contributed by atoms with Gasteiger partial charge < -0.3 is 15.4 Å². The summed E-state index contributed by atoms with van der Waals surface area (Å²) in [5, 5.41) is 5.83. The summed E-state index contributed by atoms with van der Waals surface area (Å²) in [5.41, 5.74) is 0. The molecule has 3 unspecified atom stereocenters. The molecule has 0 saturated carbocycles. The third-order valence-electron chi connectivity index (χ3n) is 2.02. The van der Waals surface area contributed by atoms with Crippen molar-refractivity contribution in [1.82, 2.24) is 10.6 Å². The summed E-state index contributed by atoms with van der Waals surface area (Å²) in [6, 6.07) is -0.218. The van der Waals surface area contributed by atoms with Gasteiger partial charge in [0.25, 0.3) is 0 Å². The molecule has 2 N–H and O–H groups in total. The number of carbonyl (C=O) groups is 1. The van der Waals surface area contributed by atoms with Gasteiger partial charge in [-0.1, -0.05) is 0 Å². The zero-order valence-corrected chi connectivity index (χ0v) is 11.2.